The molecule has 6 heteroatoms. The molecule has 3 rings (SSSR count). The van der Waals surface area contributed by atoms with Crippen LogP contribution in [0.1, 0.15) is 29.1 Å². The minimum atomic E-state index is -0.180. The van der Waals surface area contributed by atoms with Gasteiger partial charge >= 0.3 is 0 Å². The van der Waals surface area contributed by atoms with Gasteiger partial charge in [0, 0.05) is 45.1 Å². The fraction of sp³-hybridized carbons (Fsp3) is 0.444. The lowest BCUT2D eigenvalue weighted by atomic mass is 10.1. The van der Waals surface area contributed by atoms with E-state index in [0.717, 1.165) is 38.3 Å². The summed E-state index contributed by atoms with van der Waals surface area (Å²) < 4.78 is 5.16. The number of carbonyl (C=O) groups excluding carboxylic acids is 1. The summed E-state index contributed by atoms with van der Waals surface area (Å²) in [4.78, 5) is 21.3. The largest absolute Gasteiger partial charge is 0.459 e. The topological polar surface area (TPSA) is 61.6 Å². The summed E-state index contributed by atoms with van der Waals surface area (Å²) in [6.07, 6.45) is 5.17. The predicted molar refractivity (Wildman–Crippen MR) is 91.7 cm³/mol. The van der Waals surface area contributed by atoms with Crippen molar-refractivity contribution in [2.24, 2.45) is 0 Å². The fourth-order valence-electron chi connectivity index (χ4n) is 3.11. The molecule has 1 saturated heterocycles. The molecule has 3 heterocycles. The Morgan fingerprint density at radius 3 is 2.75 bits per heavy atom. The maximum atomic E-state index is 12.2. The minimum Gasteiger partial charge on any atom is -0.459 e. The highest BCUT2D eigenvalue weighted by Crippen LogP contribution is 2.21. The molecule has 128 valence electrons. The van der Waals surface area contributed by atoms with Crippen LogP contribution < -0.4 is 5.32 Å². The Bertz CT molecular complexity index is 622. The van der Waals surface area contributed by atoms with E-state index in [0.29, 0.717) is 12.3 Å². The number of hydrogen-bond donors (Lipinski definition) is 1. The molecule has 24 heavy (non-hydrogen) atoms. The SMILES string of the molecule is CCN1CCN(C(CNC(=O)c2ccco2)c2cccnc2)CC1. The number of piperazine rings is 1. The Balaban J connectivity index is 1.67. The number of amides is 1. The van der Waals surface area contributed by atoms with E-state index < -0.39 is 0 Å². The molecule has 2 aromatic heterocycles. The lowest BCUT2D eigenvalue weighted by molar-refractivity contribution is 0.0836. The van der Waals surface area contributed by atoms with Crippen LogP contribution >= 0.6 is 0 Å². The summed E-state index contributed by atoms with van der Waals surface area (Å²) in [5.41, 5.74) is 1.13. The third-order valence-corrected chi connectivity index (χ3v) is 4.56. The van der Waals surface area contributed by atoms with E-state index in [4.69, 9.17) is 4.42 Å². The number of likely N-dealkylation sites (N-methyl/N-ethyl adjacent to an activating group) is 1. The molecule has 1 unspecified atom stereocenters. The Hall–Kier alpha value is -2.18. The summed E-state index contributed by atoms with van der Waals surface area (Å²) in [6.45, 7) is 7.91. The second-order valence-electron chi connectivity index (χ2n) is 5.96. The minimum absolute atomic E-state index is 0.122. The molecule has 2 aromatic rings. The lowest BCUT2D eigenvalue weighted by Crippen LogP contribution is -2.49. The van der Waals surface area contributed by atoms with Crippen molar-refractivity contribution in [2.45, 2.75) is 13.0 Å². The first-order valence-electron chi connectivity index (χ1n) is 8.46. The van der Waals surface area contributed by atoms with E-state index in [2.05, 4.69) is 33.1 Å². The first-order valence-corrected chi connectivity index (χ1v) is 8.46. The molecule has 1 fully saturated rings. The van der Waals surface area contributed by atoms with Gasteiger partial charge in [-0.1, -0.05) is 13.0 Å². The number of furan rings is 1. The van der Waals surface area contributed by atoms with Gasteiger partial charge in [0.1, 0.15) is 0 Å². The molecule has 1 atom stereocenters. The Labute approximate surface area is 142 Å². The van der Waals surface area contributed by atoms with Crippen LogP contribution in [-0.4, -0.2) is 60.0 Å². The molecule has 6 nitrogen and oxygen atoms in total. The van der Waals surface area contributed by atoms with Crippen LogP contribution in [0.4, 0.5) is 0 Å². The molecule has 0 aliphatic carbocycles. The molecule has 1 amide bonds. The Morgan fingerprint density at radius 2 is 2.12 bits per heavy atom. The van der Waals surface area contributed by atoms with Gasteiger partial charge in [-0.15, -0.1) is 0 Å². The summed E-state index contributed by atoms with van der Waals surface area (Å²) in [5, 5.41) is 2.99. The van der Waals surface area contributed by atoms with Crippen LogP contribution in [0.25, 0.3) is 0 Å². The number of aromatic nitrogens is 1. The van der Waals surface area contributed by atoms with E-state index in [1.54, 1.807) is 18.3 Å². The number of nitrogens with one attached hydrogen (secondary N) is 1. The van der Waals surface area contributed by atoms with Crippen LogP contribution in [0.5, 0.6) is 0 Å². The van der Waals surface area contributed by atoms with Crippen molar-refractivity contribution in [1.82, 2.24) is 20.1 Å². The highest BCUT2D eigenvalue weighted by Gasteiger charge is 2.25. The number of rotatable bonds is 6. The standard InChI is InChI=1S/C18H24N4O2/c1-2-21-8-10-22(11-9-21)16(15-5-3-7-19-13-15)14-20-18(23)17-6-4-12-24-17/h3-7,12-13,16H,2,8-11,14H2,1H3,(H,20,23). The number of pyridine rings is 1. The van der Waals surface area contributed by atoms with Crippen LogP contribution in [0.3, 0.4) is 0 Å². The molecule has 0 bridgehead atoms. The molecular weight excluding hydrogens is 304 g/mol. The van der Waals surface area contributed by atoms with Gasteiger partial charge in [-0.3, -0.25) is 14.7 Å². The van der Waals surface area contributed by atoms with Gasteiger partial charge < -0.3 is 14.6 Å². The van der Waals surface area contributed by atoms with Crippen molar-refractivity contribution < 1.29 is 9.21 Å². The summed E-state index contributed by atoms with van der Waals surface area (Å²) in [7, 11) is 0. The van der Waals surface area contributed by atoms with Crippen molar-refractivity contribution in [3.8, 4) is 0 Å². The van der Waals surface area contributed by atoms with Gasteiger partial charge in [0.25, 0.3) is 5.91 Å². The molecular formula is C18H24N4O2. The van der Waals surface area contributed by atoms with Crippen LogP contribution in [0, 0.1) is 0 Å². The highest BCUT2D eigenvalue weighted by atomic mass is 16.3. The van der Waals surface area contributed by atoms with E-state index in [1.165, 1.54) is 6.26 Å². The van der Waals surface area contributed by atoms with Crippen LogP contribution in [0.2, 0.25) is 0 Å². The van der Waals surface area contributed by atoms with E-state index >= 15 is 0 Å². The monoisotopic (exact) mass is 328 g/mol. The maximum absolute atomic E-state index is 12.2. The number of carbonyl (C=O) groups is 1. The second-order valence-corrected chi connectivity index (χ2v) is 5.96. The molecule has 0 radical (unpaired) electrons. The van der Waals surface area contributed by atoms with E-state index in [-0.39, 0.29) is 11.9 Å². The first kappa shape index (κ1) is 16.7. The number of hydrogen-bond acceptors (Lipinski definition) is 5. The van der Waals surface area contributed by atoms with Gasteiger partial charge in [0.15, 0.2) is 5.76 Å². The van der Waals surface area contributed by atoms with E-state index in [1.807, 2.05) is 12.3 Å². The van der Waals surface area contributed by atoms with Gasteiger partial charge in [0.2, 0.25) is 0 Å². The fourth-order valence-corrected chi connectivity index (χ4v) is 3.11. The zero-order valence-corrected chi connectivity index (χ0v) is 14.0. The molecule has 1 N–H and O–H groups in total. The quantitative estimate of drug-likeness (QED) is 0.876. The molecule has 0 spiro atoms. The van der Waals surface area contributed by atoms with Crippen molar-refractivity contribution >= 4 is 5.91 Å². The van der Waals surface area contributed by atoms with E-state index in [9.17, 15) is 4.79 Å². The van der Waals surface area contributed by atoms with Crippen molar-refractivity contribution in [1.29, 1.82) is 0 Å². The molecule has 0 aromatic carbocycles. The third-order valence-electron chi connectivity index (χ3n) is 4.56. The van der Waals surface area contributed by atoms with Crippen LogP contribution in [-0.2, 0) is 0 Å². The average molecular weight is 328 g/mol. The third kappa shape index (κ3) is 4.01. The van der Waals surface area contributed by atoms with Crippen molar-refractivity contribution in [3.63, 3.8) is 0 Å². The van der Waals surface area contributed by atoms with Crippen molar-refractivity contribution in [3.05, 3.63) is 54.2 Å². The molecule has 1 aliphatic rings. The van der Waals surface area contributed by atoms with Gasteiger partial charge in [-0.05, 0) is 30.3 Å². The molecule has 1 aliphatic heterocycles. The summed E-state index contributed by atoms with van der Waals surface area (Å²) in [5.74, 6) is 0.164. The molecule has 0 saturated carbocycles. The van der Waals surface area contributed by atoms with Crippen molar-refractivity contribution in [2.75, 3.05) is 39.3 Å². The second kappa shape index (κ2) is 8.08. The smallest absolute Gasteiger partial charge is 0.287 e. The van der Waals surface area contributed by atoms with Gasteiger partial charge in [0.05, 0.1) is 12.3 Å². The summed E-state index contributed by atoms with van der Waals surface area (Å²) >= 11 is 0. The zero-order chi connectivity index (χ0) is 16.8. The Kier molecular flexibility index (Phi) is 5.61. The maximum Gasteiger partial charge on any atom is 0.287 e. The average Bonchev–Trinajstić information content (AvgIpc) is 3.18. The zero-order valence-electron chi connectivity index (χ0n) is 14.0. The highest BCUT2D eigenvalue weighted by molar-refractivity contribution is 5.91. The predicted octanol–water partition coefficient (Wildman–Crippen LogP) is 1.78. The first-order chi connectivity index (χ1) is 11.8. The van der Waals surface area contributed by atoms with Gasteiger partial charge in [-0.2, -0.15) is 0 Å². The number of nitrogens with zero attached hydrogens (tertiary/aromatic N) is 3. The van der Waals surface area contributed by atoms with Gasteiger partial charge in [-0.25, -0.2) is 0 Å². The Morgan fingerprint density at radius 1 is 1.29 bits per heavy atom. The lowest BCUT2D eigenvalue weighted by Gasteiger charge is -2.39. The summed E-state index contributed by atoms with van der Waals surface area (Å²) in [6, 6.07) is 7.53. The van der Waals surface area contributed by atoms with Crippen LogP contribution in [0.15, 0.2) is 47.3 Å². The normalized spacial score (nSPS) is 17.5.